The third kappa shape index (κ3) is 4.44. The van der Waals surface area contributed by atoms with Crippen molar-refractivity contribution in [3.63, 3.8) is 0 Å². The largest absolute Gasteiger partial charge is 0.339 e. The molecule has 0 aromatic rings. The van der Waals surface area contributed by atoms with Crippen LogP contribution in [0.3, 0.4) is 0 Å². The molecule has 12 heavy (non-hydrogen) atoms. The van der Waals surface area contributed by atoms with Gasteiger partial charge < -0.3 is 4.90 Å². The maximum absolute atomic E-state index is 11.4. The Hall–Kier alpha value is -0.440. The van der Waals surface area contributed by atoms with Crippen molar-refractivity contribution in [1.82, 2.24) is 4.90 Å². The first-order chi connectivity index (χ1) is 5.76. The van der Waals surface area contributed by atoms with E-state index in [1.807, 2.05) is 4.90 Å². The second-order valence-corrected chi connectivity index (χ2v) is 3.05. The van der Waals surface area contributed by atoms with Crippen LogP contribution in [0.4, 0.5) is 0 Å². The van der Waals surface area contributed by atoms with Crippen LogP contribution >= 0.6 is 12.6 Å². The molecule has 1 amide bonds. The van der Waals surface area contributed by atoms with Gasteiger partial charge in [-0.2, -0.15) is 12.6 Å². The number of amides is 1. The monoisotopic (exact) mass is 187 g/mol. The third-order valence-electron chi connectivity index (χ3n) is 1.52. The highest BCUT2D eigenvalue weighted by molar-refractivity contribution is 7.80. The number of carbonyl (C=O) groups is 1. The third-order valence-corrected chi connectivity index (χ3v) is 1.74. The molecule has 0 N–H and O–H groups in total. The SMILES string of the molecule is C=CCN(CCC)C(=O)CCS. The molecule has 0 radical (unpaired) electrons. The summed E-state index contributed by atoms with van der Waals surface area (Å²) in [6, 6.07) is 0. The lowest BCUT2D eigenvalue weighted by Gasteiger charge is -2.19. The highest BCUT2D eigenvalue weighted by Crippen LogP contribution is 1.97. The fourth-order valence-corrected chi connectivity index (χ4v) is 1.19. The van der Waals surface area contributed by atoms with E-state index < -0.39 is 0 Å². The summed E-state index contributed by atoms with van der Waals surface area (Å²) < 4.78 is 0. The van der Waals surface area contributed by atoms with Crippen LogP contribution in [0.2, 0.25) is 0 Å². The van der Waals surface area contributed by atoms with E-state index >= 15 is 0 Å². The lowest BCUT2D eigenvalue weighted by atomic mass is 10.3. The molecule has 2 nitrogen and oxygen atoms in total. The molecule has 0 aliphatic heterocycles. The van der Waals surface area contributed by atoms with Gasteiger partial charge in [-0.3, -0.25) is 4.79 Å². The fraction of sp³-hybridized carbons (Fsp3) is 0.667. The van der Waals surface area contributed by atoms with Crippen LogP contribution in [0.1, 0.15) is 19.8 Å². The predicted molar refractivity (Wildman–Crippen MR) is 55.5 cm³/mol. The predicted octanol–water partition coefficient (Wildman–Crippen LogP) is 1.73. The summed E-state index contributed by atoms with van der Waals surface area (Å²) in [7, 11) is 0. The van der Waals surface area contributed by atoms with Crippen LogP contribution in [0, 0.1) is 0 Å². The van der Waals surface area contributed by atoms with Crippen molar-refractivity contribution in [1.29, 1.82) is 0 Å². The van der Waals surface area contributed by atoms with Crippen molar-refractivity contribution in [2.75, 3.05) is 18.8 Å². The Morgan fingerprint density at radius 2 is 2.33 bits per heavy atom. The highest BCUT2D eigenvalue weighted by atomic mass is 32.1. The van der Waals surface area contributed by atoms with E-state index in [0.29, 0.717) is 18.7 Å². The lowest BCUT2D eigenvalue weighted by Crippen LogP contribution is -2.31. The molecule has 0 heterocycles. The number of hydrogen-bond acceptors (Lipinski definition) is 2. The molecule has 0 saturated carbocycles. The Morgan fingerprint density at radius 3 is 2.75 bits per heavy atom. The zero-order chi connectivity index (χ0) is 9.40. The molecule has 0 aromatic heterocycles. The summed E-state index contributed by atoms with van der Waals surface area (Å²) in [6.45, 7) is 7.14. The normalized spacial score (nSPS) is 9.50. The molecule has 0 aliphatic carbocycles. The van der Waals surface area contributed by atoms with Gasteiger partial charge in [-0.15, -0.1) is 6.58 Å². The van der Waals surface area contributed by atoms with Gasteiger partial charge in [0.15, 0.2) is 0 Å². The highest BCUT2D eigenvalue weighted by Gasteiger charge is 2.08. The van der Waals surface area contributed by atoms with Crippen LogP contribution in [0.15, 0.2) is 12.7 Å². The molecule has 0 atom stereocenters. The lowest BCUT2D eigenvalue weighted by molar-refractivity contribution is -0.130. The molecule has 70 valence electrons. The van der Waals surface area contributed by atoms with E-state index in [1.165, 1.54) is 0 Å². The summed E-state index contributed by atoms with van der Waals surface area (Å²) in [5.74, 6) is 0.794. The Morgan fingerprint density at radius 1 is 1.67 bits per heavy atom. The molecular weight excluding hydrogens is 170 g/mol. The van der Waals surface area contributed by atoms with Crippen LogP contribution in [0.25, 0.3) is 0 Å². The maximum Gasteiger partial charge on any atom is 0.223 e. The van der Waals surface area contributed by atoms with Crippen LogP contribution < -0.4 is 0 Å². The van der Waals surface area contributed by atoms with Gasteiger partial charge in [0.25, 0.3) is 0 Å². The average Bonchev–Trinajstić information content (AvgIpc) is 2.04. The number of hydrogen-bond donors (Lipinski definition) is 1. The van der Waals surface area contributed by atoms with Gasteiger partial charge in [0.2, 0.25) is 5.91 Å². The van der Waals surface area contributed by atoms with Crippen molar-refractivity contribution in [2.45, 2.75) is 19.8 Å². The Kier molecular flexibility index (Phi) is 6.96. The summed E-state index contributed by atoms with van der Waals surface area (Å²) in [4.78, 5) is 13.2. The number of rotatable bonds is 6. The first kappa shape index (κ1) is 11.6. The van der Waals surface area contributed by atoms with Gasteiger partial charge in [0.05, 0.1) is 0 Å². The van der Waals surface area contributed by atoms with E-state index in [1.54, 1.807) is 6.08 Å². The van der Waals surface area contributed by atoms with Gasteiger partial charge in [0, 0.05) is 19.5 Å². The standard InChI is InChI=1S/C9H17NOS/c1-3-6-10(7-4-2)9(11)5-8-12/h3,12H,1,4-8H2,2H3. The Bertz CT molecular complexity index is 147. The molecule has 0 rings (SSSR count). The summed E-state index contributed by atoms with van der Waals surface area (Å²) in [5.41, 5.74) is 0. The Balaban J connectivity index is 3.89. The van der Waals surface area contributed by atoms with Gasteiger partial charge >= 0.3 is 0 Å². The minimum absolute atomic E-state index is 0.173. The van der Waals surface area contributed by atoms with Crippen molar-refractivity contribution < 1.29 is 4.79 Å². The molecule has 0 spiro atoms. The van der Waals surface area contributed by atoms with E-state index in [4.69, 9.17) is 0 Å². The van der Waals surface area contributed by atoms with E-state index in [-0.39, 0.29) is 5.91 Å². The van der Waals surface area contributed by atoms with E-state index in [9.17, 15) is 4.79 Å². The maximum atomic E-state index is 11.4. The number of thiol groups is 1. The van der Waals surface area contributed by atoms with E-state index in [0.717, 1.165) is 13.0 Å². The number of carbonyl (C=O) groups excluding carboxylic acids is 1. The van der Waals surface area contributed by atoms with Gasteiger partial charge in [-0.25, -0.2) is 0 Å². The van der Waals surface area contributed by atoms with Crippen LogP contribution in [-0.2, 0) is 4.79 Å². The molecule has 0 saturated heterocycles. The minimum Gasteiger partial charge on any atom is -0.339 e. The zero-order valence-corrected chi connectivity index (χ0v) is 8.52. The smallest absolute Gasteiger partial charge is 0.223 e. The second-order valence-electron chi connectivity index (χ2n) is 2.60. The van der Waals surface area contributed by atoms with Crippen LogP contribution in [-0.4, -0.2) is 29.6 Å². The zero-order valence-electron chi connectivity index (χ0n) is 7.62. The quantitative estimate of drug-likeness (QED) is 0.496. The first-order valence-corrected chi connectivity index (χ1v) is 4.89. The minimum atomic E-state index is 0.173. The fourth-order valence-electron chi connectivity index (χ4n) is 0.997. The van der Waals surface area contributed by atoms with Crippen molar-refractivity contribution in [2.24, 2.45) is 0 Å². The molecule has 0 aliphatic rings. The van der Waals surface area contributed by atoms with E-state index in [2.05, 4.69) is 26.1 Å². The topological polar surface area (TPSA) is 20.3 Å². The first-order valence-electron chi connectivity index (χ1n) is 4.25. The molecule has 0 bridgehead atoms. The van der Waals surface area contributed by atoms with Crippen LogP contribution in [0.5, 0.6) is 0 Å². The molecule has 3 heteroatoms. The second kappa shape index (κ2) is 7.22. The van der Waals surface area contributed by atoms with Gasteiger partial charge in [-0.05, 0) is 12.2 Å². The summed E-state index contributed by atoms with van der Waals surface area (Å²) in [5, 5.41) is 0. The Labute approximate surface area is 80.0 Å². The number of nitrogens with zero attached hydrogens (tertiary/aromatic N) is 1. The molecule has 0 aromatic carbocycles. The van der Waals surface area contributed by atoms with Crippen molar-refractivity contribution in [3.8, 4) is 0 Å². The van der Waals surface area contributed by atoms with Crippen molar-refractivity contribution in [3.05, 3.63) is 12.7 Å². The average molecular weight is 187 g/mol. The summed E-state index contributed by atoms with van der Waals surface area (Å²) in [6.07, 6.45) is 3.27. The summed E-state index contributed by atoms with van der Waals surface area (Å²) >= 11 is 4.02. The van der Waals surface area contributed by atoms with Crippen molar-refractivity contribution >= 4 is 18.5 Å². The molecule has 0 unspecified atom stereocenters. The molecule has 0 fully saturated rings. The molecular formula is C9H17NOS. The van der Waals surface area contributed by atoms with Gasteiger partial charge in [-0.1, -0.05) is 13.0 Å². The van der Waals surface area contributed by atoms with Gasteiger partial charge in [0.1, 0.15) is 0 Å².